The third kappa shape index (κ3) is 5.09. The molecule has 0 bridgehead atoms. The Morgan fingerprint density at radius 1 is 1.58 bits per heavy atom. The van der Waals surface area contributed by atoms with E-state index >= 15 is 0 Å². The van der Waals surface area contributed by atoms with E-state index in [0.717, 1.165) is 6.42 Å². The Labute approximate surface area is 72.5 Å². The van der Waals surface area contributed by atoms with E-state index in [2.05, 4.69) is 4.74 Å². The average Bonchev–Trinajstić information content (AvgIpc) is 2.03. The summed E-state index contributed by atoms with van der Waals surface area (Å²) in [7, 11) is 1.33. The lowest BCUT2D eigenvalue weighted by atomic mass is 10.3. The van der Waals surface area contributed by atoms with Crippen molar-refractivity contribution in [3.63, 3.8) is 0 Å². The van der Waals surface area contributed by atoms with E-state index in [4.69, 9.17) is 9.84 Å². The Morgan fingerprint density at radius 2 is 2.17 bits per heavy atom. The highest BCUT2D eigenvalue weighted by molar-refractivity contribution is 5.69. The highest BCUT2D eigenvalue weighted by Crippen LogP contribution is 2.01. The molecule has 0 spiro atoms. The molecule has 2 unspecified atom stereocenters. The van der Waals surface area contributed by atoms with Crippen LogP contribution in [0, 0.1) is 0 Å². The molecular formula is C8H16O4. The molecule has 0 aliphatic heterocycles. The summed E-state index contributed by atoms with van der Waals surface area (Å²) in [4.78, 5) is 10.9. The predicted molar refractivity (Wildman–Crippen MR) is 43.5 cm³/mol. The summed E-state index contributed by atoms with van der Waals surface area (Å²) in [6, 6.07) is 0. The minimum absolute atomic E-state index is 0.0958. The fourth-order valence-electron chi connectivity index (χ4n) is 0.582. The smallest absolute Gasteiger partial charge is 0.311 e. The van der Waals surface area contributed by atoms with Gasteiger partial charge in [0.05, 0.1) is 12.5 Å². The van der Waals surface area contributed by atoms with E-state index in [-0.39, 0.29) is 12.5 Å². The second kappa shape index (κ2) is 5.97. The first-order valence-corrected chi connectivity index (χ1v) is 4.00. The number of methoxy groups -OCH3 is 1. The van der Waals surface area contributed by atoms with Crippen LogP contribution < -0.4 is 0 Å². The summed E-state index contributed by atoms with van der Waals surface area (Å²) in [5.74, 6) is -0.432. The number of aliphatic hydroxyl groups excluding tert-OH is 1. The molecule has 2 atom stereocenters. The molecule has 12 heavy (non-hydrogen) atoms. The Bertz CT molecular complexity index is 121. The number of carbonyl (C=O) groups excluding carboxylic acids is 1. The number of hydrogen-bond acceptors (Lipinski definition) is 4. The second-order valence-corrected chi connectivity index (χ2v) is 2.60. The number of hydrogen-bond donors (Lipinski definition) is 1. The highest BCUT2D eigenvalue weighted by atomic mass is 16.6. The minimum Gasteiger partial charge on any atom is -0.463 e. The summed E-state index contributed by atoms with van der Waals surface area (Å²) >= 11 is 0. The van der Waals surface area contributed by atoms with Crippen LogP contribution >= 0.6 is 0 Å². The zero-order chi connectivity index (χ0) is 9.56. The van der Waals surface area contributed by atoms with E-state index in [9.17, 15) is 4.79 Å². The fraction of sp³-hybridized carbons (Fsp3) is 0.875. The molecule has 0 saturated heterocycles. The molecule has 0 rings (SSSR count). The van der Waals surface area contributed by atoms with E-state index in [0.29, 0.717) is 0 Å². The van der Waals surface area contributed by atoms with Gasteiger partial charge in [-0.15, -0.1) is 0 Å². The molecule has 1 N–H and O–H groups in total. The van der Waals surface area contributed by atoms with E-state index in [1.54, 1.807) is 6.92 Å². The lowest BCUT2D eigenvalue weighted by Crippen LogP contribution is -2.20. The quantitative estimate of drug-likeness (QED) is 0.494. The van der Waals surface area contributed by atoms with Gasteiger partial charge >= 0.3 is 5.97 Å². The molecule has 4 heteroatoms. The molecule has 0 saturated carbocycles. The normalized spacial score (nSPS) is 15.3. The monoisotopic (exact) mass is 176 g/mol. The van der Waals surface area contributed by atoms with Crippen LogP contribution in [0.25, 0.3) is 0 Å². The first-order valence-electron chi connectivity index (χ1n) is 4.00. The van der Waals surface area contributed by atoms with Crippen molar-refractivity contribution in [3.8, 4) is 0 Å². The minimum atomic E-state index is -1.05. The number of esters is 1. The van der Waals surface area contributed by atoms with Crippen molar-refractivity contribution in [1.82, 2.24) is 0 Å². The molecule has 0 fully saturated rings. The average molecular weight is 176 g/mol. The van der Waals surface area contributed by atoms with Crippen molar-refractivity contribution < 1.29 is 19.4 Å². The Hall–Kier alpha value is -0.610. The summed E-state index contributed by atoms with van der Waals surface area (Å²) in [6.07, 6.45) is -0.488. The zero-order valence-corrected chi connectivity index (χ0v) is 7.74. The van der Waals surface area contributed by atoms with Crippen LogP contribution in [-0.2, 0) is 14.3 Å². The van der Waals surface area contributed by atoms with Crippen LogP contribution in [0.2, 0.25) is 0 Å². The van der Waals surface area contributed by atoms with Gasteiger partial charge in [0.1, 0.15) is 0 Å². The lowest BCUT2D eigenvalue weighted by Gasteiger charge is -2.12. The molecular weight excluding hydrogens is 160 g/mol. The molecule has 0 aliphatic carbocycles. The number of aliphatic hydroxyl groups is 1. The van der Waals surface area contributed by atoms with Crippen LogP contribution in [-0.4, -0.2) is 30.6 Å². The maximum Gasteiger partial charge on any atom is 0.311 e. The lowest BCUT2D eigenvalue weighted by molar-refractivity contribution is -0.159. The Kier molecular flexibility index (Phi) is 5.66. The highest BCUT2D eigenvalue weighted by Gasteiger charge is 2.12. The Morgan fingerprint density at radius 3 is 2.58 bits per heavy atom. The van der Waals surface area contributed by atoms with Crippen molar-refractivity contribution in [1.29, 1.82) is 0 Å². The van der Waals surface area contributed by atoms with Gasteiger partial charge < -0.3 is 14.6 Å². The molecule has 0 aromatic carbocycles. The maximum absolute atomic E-state index is 10.9. The largest absolute Gasteiger partial charge is 0.463 e. The van der Waals surface area contributed by atoms with Crippen molar-refractivity contribution in [2.75, 3.05) is 7.11 Å². The molecule has 72 valence electrons. The van der Waals surface area contributed by atoms with E-state index < -0.39 is 12.3 Å². The predicted octanol–water partition coefficient (Wildman–Crippen LogP) is 0.683. The van der Waals surface area contributed by atoms with Gasteiger partial charge in [0.15, 0.2) is 6.29 Å². The van der Waals surface area contributed by atoms with Crippen LogP contribution in [0.5, 0.6) is 0 Å². The summed E-state index contributed by atoms with van der Waals surface area (Å²) < 4.78 is 9.38. The topological polar surface area (TPSA) is 55.8 Å². The summed E-state index contributed by atoms with van der Waals surface area (Å²) in [5, 5.41) is 8.89. The van der Waals surface area contributed by atoms with Gasteiger partial charge in [0.2, 0.25) is 0 Å². The summed E-state index contributed by atoms with van der Waals surface area (Å²) in [6.45, 7) is 3.72. The van der Waals surface area contributed by atoms with Crippen LogP contribution in [0.3, 0.4) is 0 Å². The van der Waals surface area contributed by atoms with Crippen LogP contribution in [0.4, 0.5) is 0 Å². The standard InChI is InChI=1S/C8H16O4/c1-4-6(2)12-8(10)5-7(9)11-3/h6-7,9H,4-5H2,1-3H3. The van der Waals surface area contributed by atoms with Gasteiger partial charge in [-0.05, 0) is 13.3 Å². The van der Waals surface area contributed by atoms with Gasteiger partial charge in [-0.1, -0.05) is 6.92 Å². The molecule has 0 aromatic heterocycles. The Balaban J connectivity index is 3.59. The fourth-order valence-corrected chi connectivity index (χ4v) is 0.582. The van der Waals surface area contributed by atoms with Gasteiger partial charge in [0, 0.05) is 7.11 Å². The van der Waals surface area contributed by atoms with Gasteiger partial charge in [0.25, 0.3) is 0 Å². The van der Waals surface area contributed by atoms with Crippen LogP contribution in [0.15, 0.2) is 0 Å². The molecule has 0 amide bonds. The SMILES string of the molecule is CCC(C)OC(=O)CC(O)OC. The number of ether oxygens (including phenoxy) is 2. The number of rotatable bonds is 5. The van der Waals surface area contributed by atoms with Crippen molar-refractivity contribution in [3.05, 3.63) is 0 Å². The first kappa shape index (κ1) is 11.4. The molecule has 0 heterocycles. The van der Waals surface area contributed by atoms with E-state index in [1.807, 2.05) is 6.92 Å². The second-order valence-electron chi connectivity index (χ2n) is 2.60. The summed E-state index contributed by atoms with van der Waals surface area (Å²) in [5.41, 5.74) is 0. The van der Waals surface area contributed by atoms with Crippen LogP contribution in [0.1, 0.15) is 26.7 Å². The van der Waals surface area contributed by atoms with Gasteiger partial charge in [-0.2, -0.15) is 0 Å². The molecule has 0 aliphatic rings. The molecule has 4 nitrogen and oxygen atoms in total. The third-order valence-electron chi connectivity index (χ3n) is 1.52. The van der Waals surface area contributed by atoms with Gasteiger partial charge in [-0.25, -0.2) is 0 Å². The van der Waals surface area contributed by atoms with Crippen molar-refractivity contribution in [2.24, 2.45) is 0 Å². The first-order chi connectivity index (χ1) is 5.60. The van der Waals surface area contributed by atoms with E-state index in [1.165, 1.54) is 7.11 Å². The molecule has 0 aromatic rings. The third-order valence-corrected chi connectivity index (χ3v) is 1.52. The molecule has 0 radical (unpaired) electrons. The maximum atomic E-state index is 10.9. The van der Waals surface area contributed by atoms with Crippen molar-refractivity contribution in [2.45, 2.75) is 39.1 Å². The number of carbonyl (C=O) groups is 1. The van der Waals surface area contributed by atoms with Crippen molar-refractivity contribution >= 4 is 5.97 Å². The van der Waals surface area contributed by atoms with Gasteiger partial charge in [-0.3, -0.25) is 4.79 Å². The zero-order valence-electron chi connectivity index (χ0n) is 7.74.